The molecule has 1 rings (SSSR count). The van der Waals surface area contributed by atoms with Gasteiger partial charge in [0.1, 0.15) is 0 Å². The summed E-state index contributed by atoms with van der Waals surface area (Å²) in [5.74, 6) is 0.268. The van der Waals surface area contributed by atoms with E-state index in [9.17, 15) is 9.59 Å². The summed E-state index contributed by atoms with van der Waals surface area (Å²) < 4.78 is 0. The Morgan fingerprint density at radius 2 is 2.50 bits per heavy atom. The maximum absolute atomic E-state index is 11.3. The summed E-state index contributed by atoms with van der Waals surface area (Å²) in [6.07, 6.45) is 1.79. The number of amides is 2. The molecule has 2 amide bonds. The summed E-state index contributed by atoms with van der Waals surface area (Å²) >= 11 is 0. The second-order valence-electron chi connectivity index (χ2n) is 3.45. The van der Waals surface area contributed by atoms with Gasteiger partial charge in [0.25, 0.3) is 0 Å². The van der Waals surface area contributed by atoms with Crippen molar-refractivity contribution in [1.29, 1.82) is 0 Å². The summed E-state index contributed by atoms with van der Waals surface area (Å²) in [7, 11) is 0. The van der Waals surface area contributed by atoms with Crippen molar-refractivity contribution in [1.82, 2.24) is 10.2 Å². The Hall–Kier alpha value is -1.32. The predicted octanol–water partition coefficient (Wildman–Crippen LogP) is 0.157. The molecule has 14 heavy (non-hydrogen) atoms. The minimum atomic E-state index is -0.174. The average Bonchev–Trinajstić information content (AvgIpc) is 2.55. The molecule has 1 aliphatic rings. The topological polar surface area (TPSA) is 49.4 Å². The third kappa shape index (κ3) is 2.58. The van der Waals surface area contributed by atoms with Gasteiger partial charge in [0, 0.05) is 32.0 Å². The van der Waals surface area contributed by atoms with Gasteiger partial charge in [-0.05, 0) is 13.0 Å². The highest BCUT2D eigenvalue weighted by molar-refractivity contribution is 5.87. The largest absolute Gasteiger partial charge is 0.352 e. The molecule has 1 fully saturated rings. The van der Waals surface area contributed by atoms with Gasteiger partial charge >= 0.3 is 0 Å². The van der Waals surface area contributed by atoms with Gasteiger partial charge in [0.15, 0.2) is 0 Å². The number of likely N-dealkylation sites (tertiary alicyclic amines) is 1. The molecule has 0 aromatic carbocycles. The SMILES string of the molecule is C=CC(=O)NCC1CC(=O)N(CC)C1. The van der Waals surface area contributed by atoms with Gasteiger partial charge in [0.05, 0.1) is 0 Å². The first-order valence-electron chi connectivity index (χ1n) is 4.85. The van der Waals surface area contributed by atoms with Crippen molar-refractivity contribution < 1.29 is 9.59 Å². The Labute approximate surface area is 84.0 Å². The maximum Gasteiger partial charge on any atom is 0.243 e. The minimum Gasteiger partial charge on any atom is -0.352 e. The predicted molar refractivity (Wildman–Crippen MR) is 53.6 cm³/mol. The van der Waals surface area contributed by atoms with E-state index in [-0.39, 0.29) is 17.7 Å². The molecule has 0 spiro atoms. The molecule has 0 radical (unpaired) electrons. The van der Waals surface area contributed by atoms with E-state index in [2.05, 4.69) is 11.9 Å². The quantitative estimate of drug-likeness (QED) is 0.651. The van der Waals surface area contributed by atoms with E-state index in [1.54, 1.807) is 0 Å². The monoisotopic (exact) mass is 196 g/mol. The Kier molecular flexibility index (Phi) is 3.68. The lowest BCUT2D eigenvalue weighted by Crippen LogP contribution is -2.30. The first-order valence-corrected chi connectivity index (χ1v) is 4.85. The molecule has 1 atom stereocenters. The molecular weight excluding hydrogens is 180 g/mol. The lowest BCUT2D eigenvalue weighted by Gasteiger charge is -2.13. The zero-order chi connectivity index (χ0) is 10.6. The minimum absolute atomic E-state index is 0.174. The summed E-state index contributed by atoms with van der Waals surface area (Å²) in [5.41, 5.74) is 0. The third-order valence-electron chi connectivity index (χ3n) is 2.43. The molecule has 1 N–H and O–H groups in total. The molecule has 0 bridgehead atoms. The van der Waals surface area contributed by atoms with Gasteiger partial charge in [-0.2, -0.15) is 0 Å². The van der Waals surface area contributed by atoms with Crippen LogP contribution in [0.15, 0.2) is 12.7 Å². The molecule has 1 heterocycles. The standard InChI is InChI=1S/C10H16N2O2/c1-3-9(13)11-6-8-5-10(14)12(4-2)7-8/h3,8H,1,4-7H2,2H3,(H,11,13). The number of hydrogen-bond acceptors (Lipinski definition) is 2. The van der Waals surface area contributed by atoms with Crippen molar-refractivity contribution >= 4 is 11.8 Å². The second kappa shape index (κ2) is 4.79. The Morgan fingerprint density at radius 1 is 1.79 bits per heavy atom. The van der Waals surface area contributed by atoms with Gasteiger partial charge in [0.2, 0.25) is 11.8 Å². The van der Waals surface area contributed by atoms with Crippen LogP contribution in [0.3, 0.4) is 0 Å². The first-order chi connectivity index (χ1) is 6.67. The molecule has 1 aliphatic heterocycles. The van der Waals surface area contributed by atoms with Crippen molar-refractivity contribution in [3.8, 4) is 0 Å². The number of carbonyl (C=O) groups excluding carboxylic acids is 2. The molecule has 0 aromatic rings. The van der Waals surface area contributed by atoms with Crippen LogP contribution < -0.4 is 5.32 Å². The zero-order valence-electron chi connectivity index (χ0n) is 8.45. The van der Waals surface area contributed by atoms with E-state index in [4.69, 9.17) is 0 Å². The molecule has 78 valence electrons. The van der Waals surface area contributed by atoms with Crippen molar-refractivity contribution in [2.75, 3.05) is 19.6 Å². The van der Waals surface area contributed by atoms with Crippen LogP contribution in [-0.2, 0) is 9.59 Å². The molecule has 0 aliphatic carbocycles. The number of nitrogens with one attached hydrogen (secondary N) is 1. The van der Waals surface area contributed by atoms with Crippen LogP contribution in [0.4, 0.5) is 0 Å². The fourth-order valence-corrected chi connectivity index (χ4v) is 1.61. The van der Waals surface area contributed by atoms with E-state index in [0.717, 1.165) is 13.1 Å². The average molecular weight is 196 g/mol. The van der Waals surface area contributed by atoms with Crippen molar-refractivity contribution in [3.63, 3.8) is 0 Å². The van der Waals surface area contributed by atoms with Crippen LogP contribution in [0.2, 0.25) is 0 Å². The molecule has 0 aromatic heterocycles. The van der Waals surface area contributed by atoms with E-state index in [1.165, 1.54) is 6.08 Å². The molecule has 4 heteroatoms. The highest BCUT2D eigenvalue weighted by atomic mass is 16.2. The number of rotatable bonds is 4. The smallest absolute Gasteiger partial charge is 0.243 e. The van der Waals surface area contributed by atoms with E-state index >= 15 is 0 Å². The summed E-state index contributed by atoms with van der Waals surface area (Å²) in [6, 6.07) is 0. The van der Waals surface area contributed by atoms with Gasteiger partial charge in [-0.15, -0.1) is 0 Å². The number of nitrogens with zero attached hydrogens (tertiary/aromatic N) is 1. The van der Waals surface area contributed by atoms with Crippen LogP contribution in [-0.4, -0.2) is 36.3 Å². The van der Waals surface area contributed by atoms with Crippen LogP contribution >= 0.6 is 0 Å². The van der Waals surface area contributed by atoms with Crippen molar-refractivity contribution in [2.45, 2.75) is 13.3 Å². The summed E-state index contributed by atoms with van der Waals surface area (Å²) in [4.78, 5) is 24.0. The van der Waals surface area contributed by atoms with Gasteiger partial charge in [-0.3, -0.25) is 9.59 Å². The van der Waals surface area contributed by atoms with Crippen LogP contribution in [0.5, 0.6) is 0 Å². The lowest BCUT2D eigenvalue weighted by molar-refractivity contribution is -0.127. The highest BCUT2D eigenvalue weighted by Gasteiger charge is 2.28. The third-order valence-corrected chi connectivity index (χ3v) is 2.43. The first kappa shape index (κ1) is 10.8. The van der Waals surface area contributed by atoms with Gasteiger partial charge < -0.3 is 10.2 Å². The molecule has 0 saturated carbocycles. The molecule has 1 saturated heterocycles. The summed E-state index contributed by atoms with van der Waals surface area (Å²) in [5, 5.41) is 2.70. The Morgan fingerprint density at radius 3 is 3.00 bits per heavy atom. The number of carbonyl (C=O) groups is 2. The molecular formula is C10H16N2O2. The van der Waals surface area contributed by atoms with Crippen molar-refractivity contribution in [3.05, 3.63) is 12.7 Å². The Balaban J connectivity index is 2.31. The fourth-order valence-electron chi connectivity index (χ4n) is 1.61. The van der Waals surface area contributed by atoms with Gasteiger partial charge in [-0.1, -0.05) is 6.58 Å². The normalized spacial score (nSPS) is 21.1. The lowest BCUT2D eigenvalue weighted by atomic mass is 10.1. The van der Waals surface area contributed by atoms with Gasteiger partial charge in [-0.25, -0.2) is 0 Å². The van der Waals surface area contributed by atoms with Crippen LogP contribution in [0.25, 0.3) is 0 Å². The van der Waals surface area contributed by atoms with Crippen LogP contribution in [0, 0.1) is 5.92 Å². The maximum atomic E-state index is 11.3. The van der Waals surface area contributed by atoms with E-state index in [0.29, 0.717) is 13.0 Å². The highest BCUT2D eigenvalue weighted by Crippen LogP contribution is 2.16. The number of hydrogen-bond donors (Lipinski definition) is 1. The molecule has 4 nitrogen and oxygen atoms in total. The van der Waals surface area contributed by atoms with Crippen LogP contribution in [0.1, 0.15) is 13.3 Å². The zero-order valence-corrected chi connectivity index (χ0v) is 8.45. The van der Waals surface area contributed by atoms with E-state index in [1.807, 2.05) is 11.8 Å². The fraction of sp³-hybridized carbons (Fsp3) is 0.600. The van der Waals surface area contributed by atoms with Crippen molar-refractivity contribution in [2.24, 2.45) is 5.92 Å². The van der Waals surface area contributed by atoms with E-state index < -0.39 is 0 Å². The summed E-state index contributed by atoms with van der Waals surface area (Å²) in [6.45, 7) is 7.40. The Bertz CT molecular complexity index is 251. The second-order valence-corrected chi connectivity index (χ2v) is 3.45. The molecule has 1 unspecified atom stereocenters.